The summed E-state index contributed by atoms with van der Waals surface area (Å²) in [5, 5.41) is 1.21. The molecule has 0 bridgehead atoms. The molecule has 168 valence electrons. The monoisotopic (exact) mass is 442 g/mol. The number of nitrogens with one attached hydrogen (secondary N) is 1. The van der Waals surface area contributed by atoms with E-state index < -0.39 is 0 Å². The van der Waals surface area contributed by atoms with Crippen LogP contribution in [0.15, 0.2) is 49.2 Å². The molecule has 4 aromatic rings. The maximum absolute atomic E-state index is 13.7. The van der Waals surface area contributed by atoms with E-state index in [0.717, 1.165) is 31.3 Å². The lowest BCUT2D eigenvalue weighted by Crippen LogP contribution is -2.35. The van der Waals surface area contributed by atoms with Crippen molar-refractivity contribution in [3.8, 4) is 17.3 Å². The van der Waals surface area contributed by atoms with Gasteiger partial charge in [0.15, 0.2) is 5.69 Å². The SMILES string of the molecule is COc1ncc(-c2nccnc2C(=O)N(CCc2c[nH]c3c(C)cccc23)CC2CC2)cn1. The number of H-pyrrole nitrogens is 1. The Morgan fingerprint density at radius 3 is 2.70 bits per heavy atom. The Morgan fingerprint density at radius 2 is 1.94 bits per heavy atom. The number of carbonyl (C=O) groups excluding carboxylic acids is 1. The normalized spacial score (nSPS) is 13.3. The number of methoxy groups -OCH3 is 1. The number of rotatable bonds is 8. The van der Waals surface area contributed by atoms with E-state index >= 15 is 0 Å². The molecule has 1 fully saturated rings. The summed E-state index contributed by atoms with van der Waals surface area (Å²) in [6, 6.07) is 6.57. The molecule has 3 aromatic heterocycles. The highest BCUT2D eigenvalue weighted by atomic mass is 16.5. The highest BCUT2D eigenvalue weighted by Gasteiger charge is 2.29. The average Bonchev–Trinajstić information content (AvgIpc) is 3.58. The predicted molar refractivity (Wildman–Crippen MR) is 125 cm³/mol. The number of aromatic amines is 1. The molecule has 0 radical (unpaired) electrons. The molecule has 1 N–H and O–H groups in total. The zero-order valence-corrected chi connectivity index (χ0v) is 18.8. The molecule has 1 aromatic carbocycles. The van der Waals surface area contributed by atoms with Crippen molar-refractivity contribution in [2.75, 3.05) is 20.2 Å². The Hall–Kier alpha value is -3.81. The van der Waals surface area contributed by atoms with Gasteiger partial charge in [0.1, 0.15) is 5.69 Å². The minimum absolute atomic E-state index is 0.114. The minimum atomic E-state index is -0.114. The molecule has 1 aliphatic rings. The van der Waals surface area contributed by atoms with Gasteiger partial charge in [-0.3, -0.25) is 9.78 Å². The smallest absolute Gasteiger partial charge is 0.316 e. The number of hydrogen-bond acceptors (Lipinski definition) is 6. The van der Waals surface area contributed by atoms with Gasteiger partial charge in [-0.25, -0.2) is 15.0 Å². The molecular weight excluding hydrogens is 416 g/mol. The van der Waals surface area contributed by atoms with Crippen LogP contribution in [0.2, 0.25) is 0 Å². The van der Waals surface area contributed by atoms with Crippen LogP contribution in [0.5, 0.6) is 6.01 Å². The second-order valence-corrected chi connectivity index (χ2v) is 8.47. The number of benzene rings is 1. The van der Waals surface area contributed by atoms with Gasteiger partial charge in [-0.05, 0) is 43.2 Å². The van der Waals surface area contributed by atoms with Crippen molar-refractivity contribution in [1.29, 1.82) is 0 Å². The fourth-order valence-corrected chi connectivity index (χ4v) is 4.11. The summed E-state index contributed by atoms with van der Waals surface area (Å²) in [4.78, 5) is 36.1. The minimum Gasteiger partial charge on any atom is -0.467 e. The van der Waals surface area contributed by atoms with Crippen LogP contribution in [-0.2, 0) is 6.42 Å². The molecule has 1 aliphatic carbocycles. The lowest BCUT2D eigenvalue weighted by atomic mass is 10.1. The van der Waals surface area contributed by atoms with Crippen LogP contribution in [0, 0.1) is 12.8 Å². The second-order valence-electron chi connectivity index (χ2n) is 8.47. The Labute approximate surface area is 192 Å². The molecule has 0 saturated heterocycles. The van der Waals surface area contributed by atoms with Gasteiger partial charge in [0.05, 0.1) is 7.11 Å². The van der Waals surface area contributed by atoms with Crippen LogP contribution in [0.1, 0.15) is 34.5 Å². The Kier molecular flexibility index (Phi) is 5.73. The van der Waals surface area contributed by atoms with E-state index in [9.17, 15) is 4.79 Å². The van der Waals surface area contributed by atoms with Crippen molar-refractivity contribution in [3.63, 3.8) is 0 Å². The molecule has 5 rings (SSSR count). The van der Waals surface area contributed by atoms with Crippen LogP contribution in [0.3, 0.4) is 0 Å². The number of nitrogens with zero attached hydrogens (tertiary/aromatic N) is 5. The summed E-state index contributed by atoms with van der Waals surface area (Å²) in [5.74, 6) is 0.445. The fraction of sp³-hybridized carbons (Fsp3) is 0.320. The summed E-state index contributed by atoms with van der Waals surface area (Å²) < 4.78 is 5.04. The molecule has 1 amide bonds. The molecule has 33 heavy (non-hydrogen) atoms. The third-order valence-corrected chi connectivity index (χ3v) is 6.11. The average molecular weight is 443 g/mol. The highest BCUT2D eigenvalue weighted by Crippen LogP contribution is 2.31. The van der Waals surface area contributed by atoms with E-state index in [-0.39, 0.29) is 11.9 Å². The lowest BCUT2D eigenvalue weighted by molar-refractivity contribution is 0.0744. The molecule has 8 nitrogen and oxygen atoms in total. The van der Waals surface area contributed by atoms with E-state index in [1.165, 1.54) is 23.6 Å². The van der Waals surface area contributed by atoms with Crippen molar-refractivity contribution < 1.29 is 9.53 Å². The summed E-state index contributed by atoms with van der Waals surface area (Å²) in [6.45, 7) is 3.45. The van der Waals surface area contributed by atoms with Crippen LogP contribution in [0.25, 0.3) is 22.2 Å². The number of fused-ring (bicyclic) bond motifs is 1. The largest absolute Gasteiger partial charge is 0.467 e. The topological polar surface area (TPSA) is 96.9 Å². The van der Waals surface area contributed by atoms with Crippen LogP contribution >= 0.6 is 0 Å². The number of aromatic nitrogens is 5. The van der Waals surface area contributed by atoms with Gasteiger partial charge in [0.25, 0.3) is 5.91 Å². The van der Waals surface area contributed by atoms with Gasteiger partial charge >= 0.3 is 6.01 Å². The number of amides is 1. The van der Waals surface area contributed by atoms with Crippen molar-refractivity contribution in [1.82, 2.24) is 29.8 Å². The molecule has 0 spiro atoms. The number of aryl methyl sites for hydroxylation is 1. The van der Waals surface area contributed by atoms with Crippen molar-refractivity contribution >= 4 is 16.8 Å². The van der Waals surface area contributed by atoms with Crippen molar-refractivity contribution in [2.45, 2.75) is 26.2 Å². The summed E-state index contributed by atoms with van der Waals surface area (Å²) in [5.41, 5.74) is 5.02. The molecule has 0 unspecified atom stereocenters. The van der Waals surface area contributed by atoms with E-state index in [2.05, 4.69) is 56.2 Å². The molecule has 1 saturated carbocycles. The number of ether oxygens (including phenoxy) is 1. The number of hydrogen-bond donors (Lipinski definition) is 1. The van der Waals surface area contributed by atoms with Crippen molar-refractivity contribution in [2.24, 2.45) is 5.92 Å². The zero-order chi connectivity index (χ0) is 22.8. The standard InChI is InChI=1S/C25H26N6O2/c1-16-4-3-5-20-18(12-28-21(16)20)8-11-31(15-17-6-7-17)24(32)23-22(26-9-10-27-23)19-13-29-25(33-2)30-14-19/h3-5,9-10,12-14,17,28H,6-8,11,15H2,1-2H3. The molecule has 0 atom stereocenters. The quantitative estimate of drug-likeness (QED) is 0.445. The summed E-state index contributed by atoms with van der Waals surface area (Å²) in [6.07, 6.45) is 11.5. The van der Waals surface area contributed by atoms with Crippen LogP contribution < -0.4 is 4.74 Å². The van der Waals surface area contributed by atoms with Crippen molar-refractivity contribution in [3.05, 3.63) is 66.0 Å². The molecular formula is C25H26N6O2. The van der Waals surface area contributed by atoms with Crippen LogP contribution in [0.4, 0.5) is 0 Å². The number of carbonyl (C=O) groups is 1. The Balaban J connectivity index is 1.41. The predicted octanol–water partition coefficient (Wildman–Crippen LogP) is 3.83. The Morgan fingerprint density at radius 1 is 1.15 bits per heavy atom. The van der Waals surface area contributed by atoms with Gasteiger partial charge in [-0.15, -0.1) is 0 Å². The van der Waals surface area contributed by atoms with Gasteiger partial charge in [0, 0.05) is 60.5 Å². The van der Waals surface area contributed by atoms with Gasteiger partial charge in [0.2, 0.25) is 0 Å². The molecule has 3 heterocycles. The second kappa shape index (κ2) is 8.97. The van der Waals surface area contributed by atoms with E-state index in [1.54, 1.807) is 24.8 Å². The highest BCUT2D eigenvalue weighted by molar-refractivity contribution is 5.98. The first kappa shape index (κ1) is 21.1. The first-order valence-corrected chi connectivity index (χ1v) is 11.2. The third kappa shape index (κ3) is 4.41. The summed E-state index contributed by atoms with van der Waals surface area (Å²) in [7, 11) is 1.51. The Bertz CT molecular complexity index is 1280. The fourth-order valence-electron chi connectivity index (χ4n) is 4.11. The first-order chi connectivity index (χ1) is 16.1. The van der Waals surface area contributed by atoms with E-state index in [4.69, 9.17) is 4.74 Å². The van der Waals surface area contributed by atoms with Gasteiger partial charge < -0.3 is 14.6 Å². The maximum atomic E-state index is 13.7. The molecule has 8 heteroatoms. The van der Waals surface area contributed by atoms with Gasteiger partial charge in [-0.1, -0.05) is 18.2 Å². The van der Waals surface area contributed by atoms with E-state index in [0.29, 0.717) is 29.4 Å². The maximum Gasteiger partial charge on any atom is 0.316 e. The third-order valence-electron chi connectivity index (χ3n) is 6.11. The lowest BCUT2D eigenvalue weighted by Gasteiger charge is -2.23. The summed E-state index contributed by atoms with van der Waals surface area (Å²) >= 11 is 0. The van der Waals surface area contributed by atoms with E-state index in [1.807, 2.05) is 4.90 Å². The van der Waals surface area contributed by atoms with Crippen LogP contribution in [-0.4, -0.2) is 55.9 Å². The zero-order valence-electron chi connectivity index (χ0n) is 18.8. The number of para-hydroxylation sites is 1. The van der Waals surface area contributed by atoms with Gasteiger partial charge in [-0.2, -0.15) is 0 Å². The first-order valence-electron chi connectivity index (χ1n) is 11.2. The molecule has 0 aliphatic heterocycles.